The molecule has 1 aromatic carbocycles. The number of amides is 1. The maximum atomic E-state index is 14.4. The average molecular weight is 424 g/mol. The summed E-state index contributed by atoms with van der Waals surface area (Å²) in [5.41, 5.74) is 3.32. The number of carbonyl (C=O) groups excluding carboxylic acids is 1. The highest BCUT2D eigenvalue weighted by atomic mass is 19.1. The number of halogens is 1. The lowest BCUT2D eigenvalue weighted by Gasteiger charge is -2.17. The van der Waals surface area contributed by atoms with Crippen molar-refractivity contribution in [3.05, 3.63) is 91.3 Å². The molecule has 0 aliphatic carbocycles. The first kappa shape index (κ1) is 21.1. The Balaban J connectivity index is 2.13. The summed E-state index contributed by atoms with van der Waals surface area (Å²) in [5.74, 6) is -0.789. The summed E-state index contributed by atoms with van der Waals surface area (Å²) in [6.45, 7) is 6.79. The molecule has 0 aliphatic rings. The van der Waals surface area contributed by atoms with Crippen LogP contribution in [0.3, 0.4) is 0 Å². The minimum absolute atomic E-state index is 0.192. The second-order valence-corrected chi connectivity index (χ2v) is 7.21. The Morgan fingerprint density at radius 1 is 1.16 bits per heavy atom. The lowest BCUT2D eigenvalue weighted by atomic mass is 9.93. The highest BCUT2D eigenvalue weighted by Gasteiger charge is 2.18. The first-order valence-corrected chi connectivity index (χ1v) is 10.1. The molecule has 0 radical (unpaired) electrons. The van der Waals surface area contributed by atoms with Crippen LogP contribution in [0.4, 0.5) is 10.1 Å². The van der Waals surface area contributed by atoms with Gasteiger partial charge >= 0.3 is 0 Å². The van der Waals surface area contributed by atoms with Crippen molar-refractivity contribution >= 4 is 39.0 Å². The van der Waals surface area contributed by atoms with Crippen LogP contribution in [0.2, 0.25) is 0 Å². The van der Waals surface area contributed by atoms with Gasteiger partial charge in [-0.05, 0) is 48.2 Å². The molecule has 0 saturated carbocycles. The summed E-state index contributed by atoms with van der Waals surface area (Å²) < 4.78 is 14.4. The molecule has 0 saturated heterocycles. The van der Waals surface area contributed by atoms with Gasteiger partial charge < -0.3 is 5.32 Å². The van der Waals surface area contributed by atoms with Crippen LogP contribution in [0.1, 0.15) is 19.5 Å². The van der Waals surface area contributed by atoms with Crippen LogP contribution in [0.25, 0.3) is 38.5 Å². The molecule has 0 unspecified atom stereocenters. The Morgan fingerprint density at radius 2 is 2.00 bits per heavy atom. The summed E-state index contributed by atoms with van der Waals surface area (Å²) in [4.78, 5) is 25.2. The predicted molar refractivity (Wildman–Crippen MR) is 128 cm³/mol. The Bertz CT molecular complexity index is 1420. The fraction of sp³-hybridized carbons (Fsp3) is 0.0769. The number of benzene rings is 1. The first-order valence-electron chi connectivity index (χ1n) is 10.1. The number of anilines is 1. The van der Waals surface area contributed by atoms with Gasteiger partial charge in [-0.3, -0.25) is 9.78 Å². The molecule has 6 heteroatoms. The van der Waals surface area contributed by atoms with Gasteiger partial charge in [0, 0.05) is 53.1 Å². The Hall–Kier alpha value is -4.19. The van der Waals surface area contributed by atoms with Crippen LogP contribution < -0.4 is 5.32 Å². The van der Waals surface area contributed by atoms with Gasteiger partial charge in [-0.25, -0.2) is 14.4 Å². The van der Waals surface area contributed by atoms with Crippen molar-refractivity contribution in [2.75, 3.05) is 5.32 Å². The topological polar surface area (TPSA) is 67.8 Å². The van der Waals surface area contributed by atoms with E-state index in [1.165, 1.54) is 6.92 Å². The van der Waals surface area contributed by atoms with Crippen molar-refractivity contribution in [2.45, 2.75) is 13.8 Å². The van der Waals surface area contributed by atoms with E-state index in [1.54, 1.807) is 36.8 Å². The molecule has 0 spiro atoms. The molecule has 3 heterocycles. The van der Waals surface area contributed by atoms with Gasteiger partial charge in [-0.15, -0.1) is 0 Å². The molecule has 1 N–H and O–H groups in total. The minimum atomic E-state index is -0.596. The SMILES string of the molecule is C=C(F)/C(=C\C=C/C)c1cc(-c2c(NC(C)=O)ccc3cnccc23)c2cccnc2n1. The third kappa shape index (κ3) is 4.03. The van der Waals surface area contributed by atoms with Crippen LogP contribution in [0.15, 0.2) is 85.6 Å². The van der Waals surface area contributed by atoms with Gasteiger partial charge in [0.05, 0.1) is 5.69 Å². The van der Waals surface area contributed by atoms with E-state index in [-0.39, 0.29) is 11.5 Å². The third-order valence-corrected chi connectivity index (χ3v) is 5.01. The molecule has 158 valence electrons. The fourth-order valence-corrected chi connectivity index (χ4v) is 3.66. The monoisotopic (exact) mass is 424 g/mol. The second-order valence-electron chi connectivity index (χ2n) is 7.21. The zero-order valence-corrected chi connectivity index (χ0v) is 17.8. The number of allylic oxidation sites excluding steroid dienone is 5. The maximum Gasteiger partial charge on any atom is 0.221 e. The van der Waals surface area contributed by atoms with Gasteiger partial charge in [0.1, 0.15) is 5.83 Å². The second kappa shape index (κ2) is 8.89. The van der Waals surface area contributed by atoms with E-state index in [9.17, 15) is 9.18 Å². The van der Waals surface area contributed by atoms with Gasteiger partial charge in [0.15, 0.2) is 5.65 Å². The summed E-state index contributed by atoms with van der Waals surface area (Å²) in [5, 5.41) is 5.50. The maximum absolute atomic E-state index is 14.4. The van der Waals surface area contributed by atoms with Gasteiger partial charge in [0.2, 0.25) is 5.91 Å². The number of hydrogen-bond donors (Lipinski definition) is 1. The number of fused-ring (bicyclic) bond motifs is 2. The van der Waals surface area contributed by atoms with Crippen LogP contribution in [0, 0.1) is 0 Å². The first-order chi connectivity index (χ1) is 15.5. The van der Waals surface area contributed by atoms with E-state index >= 15 is 0 Å². The third-order valence-electron chi connectivity index (χ3n) is 5.01. The van der Waals surface area contributed by atoms with Crippen molar-refractivity contribution in [1.29, 1.82) is 0 Å². The molecule has 4 aromatic rings. The molecule has 0 bridgehead atoms. The highest BCUT2D eigenvalue weighted by Crippen LogP contribution is 2.40. The van der Waals surface area contributed by atoms with E-state index in [0.29, 0.717) is 17.0 Å². The van der Waals surface area contributed by atoms with Crippen molar-refractivity contribution in [1.82, 2.24) is 15.0 Å². The summed E-state index contributed by atoms with van der Waals surface area (Å²) >= 11 is 0. The fourth-order valence-electron chi connectivity index (χ4n) is 3.66. The van der Waals surface area contributed by atoms with E-state index in [4.69, 9.17) is 0 Å². The average Bonchev–Trinajstić information content (AvgIpc) is 2.78. The molecule has 5 nitrogen and oxygen atoms in total. The lowest BCUT2D eigenvalue weighted by Crippen LogP contribution is -2.07. The highest BCUT2D eigenvalue weighted by molar-refractivity contribution is 6.11. The largest absolute Gasteiger partial charge is 0.326 e. The minimum Gasteiger partial charge on any atom is -0.326 e. The number of nitrogens with one attached hydrogen (secondary N) is 1. The van der Waals surface area contributed by atoms with E-state index < -0.39 is 5.83 Å². The zero-order chi connectivity index (χ0) is 22.7. The van der Waals surface area contributed by atoms with E-state index in [1.807, 2.05) is 43.3 Å². The molecule has 32 heavy (non-hydrogen) atoms. The summed E-state index contributed by atoms with van der Waals surface area (Å²) in [7, 11) is 0. The van der Waals surface area contributed by atoms with Crippen LogP contribution in [-0.2, 0) is 4.79 Å². The van der Waals surface area contributed by atoms with Crippen LogP contribution in [0.5, 0.6) is 0 Å². The van der Waals surface area contributed by atoms with Gasteiger partial charge in [-0.1, -0.05) is 30.9 Å². The smallest absolute Gasteiger partial charge is 0.221 e. The van der Waals surface area contributed by atoms with Crippen molar-refractivity contribution in [2.24, 2.45) is 0 Å². The number of pyridine rings is 3. The zero-order valence-electron chi connectivity index (χ0n) is 17.8. The number of aromatic nitrogens is 3. The normalized spacial score (nSPS) is 11.9. The Kier molecular flexibility index (Phi) is 5.85. The molecular weight excluding hydrogens is 403 g/mol. The molecule has 0 aliphatic heterocycles. The predicted octanol–water partition coefficient (Wildman–Crippen LogP) is 6.25. The quantitative estimate of drug-likeness (QED) is 0.385. The van der Waals surface area contributed by atoms with Crippen molar-refractivity contribution < 1.29 is 9.18 Å². The number of rotatable bonds is 5. The summed E-state index contributed by atoms with van der Waals surface area (Å²) in [6.07, 6.45) is 10.3. The van der Waals surface area contributed by atoms with Gasteiger partial charge in [-0.2, -0.15) is 0 Å². The molecule has 1 amide bonds. The number of nitrogens with zero attached hydrogens (tertiary/aromatic N) is 3. The van der Waals surface area contributed by atoms with Gasteiger partial charge in [0.25, 0.3) is 0 Å². The summed E-state index contributed by atoms with van der Waals surface area (Å²) in [6, 6.07) is 11.2. The number of carbonyl (C=O) groups is 1. The van der Waals surface area contributed by atoms with E-state index in [0.717, 1.165) is 27.3 Å². The number of hydrogen-bond acceptors (Lipinski definition) is 4. The molecule has 0 fully saturated rings. The van der Waals surface area contributed by atoms with Crippen LogP contribution in [-0.4, -0.2) is 20.9 Å². The Morgan fingerprint density at radius 3 is 2.75 bits per heavy atom. The van der Waals surface area contributed by atoms with Crippen molar-refractivity contribution in [3.8, 4) is 11.1 Å². The Labute approximate surface area is 185 Å². The lowest BCUT2D eigenvalue weighted by molar-refractivity contribution is -0.114. The molecule has 4 rings (SSSR count). The van der Waals surface area contributed by atoms with E-state index in [2.05, 4.69) is 26.8 Å². The van der Waals surface area contributed by atoms with Crippen molar-refractivity contribution in [3.63, 3.8) is 0 Å². The molecule has 3 aromatic heterocycles. The standard InChI is InChI=1S/C26H21FN4O/c1-4-5-7-19(16(2)27)24-14-22(21-8-6-12-29-26(21)31-24)25-20-11-13-28-15-18(20)9-10-23(25)30-17(3)32/h4-15H,2H2,1,3H3,(H,30,32)/b5-4-,19-7+. The van der Waals surface area contributed by atoms with Crippen LogP contribution >= 0.6 is 0 Å². The molecular formula is C26H21FN4O. The molecule has 0 atom stereocenters.